The fourth-order valence-electron chi connectivity index (χ4n) is 2.58. The molecule has 4 heteroatoms. The van der Waals surface area contributed by atoms with Gasteiger partial charge in [0.1, 0.15) is 5.76 Å². The van der Waals surface area contributed by atoms with E-state index in [1.165, 1.54) is 0 Å². The molecule has 3 nitrogen and oxygen atoms in total. The Morgan fingerprint density at radius 2 is 1.52 bits per heavy atom. The van der Waals surface area contributed by atoms with Crippen LogP contribution >= 0.6 is 7.60 Å². The van der Waals surface area contributed by atoms with E-state index in [2.05, 4.69) is 0 Å². The number of benzene rings is 2. The molecular formula is C19H19O3P. The minimum Gasteiger partial charge on any atom is -0.420 e. The number of rotatable bonds is 4. The van der Waals surface area contributed by atoms with Crippen LogP contribution in [0.3, 0.4) is 0 Å². The molecule has 0 aromatic heterocycles. The van der Waals surface area contributed by atoms with Crippen molar-refractivity contribution in [2.24, 2.45) is 0 Å². The number of hydrogen-bond donors (Lipinski definition) is 0. The Bertz CT molecular complexity index is 792. The summed E-state index contributed by atoms with van der Waals surface area (Å²) in [7, 11) is -3.40. The second-order valence-electron chi connectivity index (χ2n) is 5.28. The molecule has 118 valence electrons. The minimum atomic E-state index is -3.40. The molecule has 2 aromatic rings. The summed E-state index contributed by atoms with van der Waals surface area (Å²) >= 11 is 0. The van der Waals surface area contributed by atoms with Crippen molar-refractivity contribution in [3.05, 3.63) is 83.4 Å². The van der Waals surface area contributed by atoms with E-state index in [-0.39, 0.29) is 0 Å². The lowest BCUT2D eigenvalue weighted by Crippen LogP contribution is -2.05. The van der Waals surface area contributed by atoms with E-state index in [9.17, 15) is 4.57 Å². The van der Waals surface area contributed by atoms with Crippen molar-refractivity contribution in [1.82, 2.24) is 0 Å². The molecule has 0 amide bonds. The third-order valence-corrected chi connectivity index (χ3v) is 5.62. The van der Waals surface area contributed by atoms with E-state index in [1.807, 2.05) is 80.6 Å². The van der Waals surface area contributed by atoms with Gasteiger partial charge in [-0.15, -0.1) is 0 Å². The molecule has 2 aromatic carbocycles. The highest BCUT2D eigenvalue weighted by Gasteiger charge is 2.37. The Morgan fingerprint density at radius 3 is 2.09 bits per heavy atom. The predicted molar refractivity (Wildman–Crippen MR) is 93.8 cm³/mol. The van der Waals surface area contributed by atoms with Gasteiger partial charge in [0.05, 0.1) is 11.9 Å². The third-order valence-electron chi connectivity index (χ3n) is 3.62. The smallest absolute Gasteiger partial charge is 0.411 e. The van der Waals surface area contributed by atoms with Gasteiger partial charge in [-0.25, -0.2) is 4.57 Å². The van der Waals surface area contributed by atoms with Gasteiger partial charge >= 0.3 is 7.60 Å². The monoisotopic (exact) mass is 326 g/mol. The van der Waals surface area contributed by atoms with Crippen LogP contribution in [0.25, 0.3) is 11.1 Å². The van der Waals surface area contributed by atoms with Crippen LogP contribution in [0.15, 0.2) is 72.3 Å². The average molecular weight is 326 g/mol. The lowest BCUT2D eigenvalue weighted by molar-refractivity contribution is 0.279. The molecule has 0 aliphatic carbocycles. The standard InChI is InChI=1S/C19H19O3P/c1-3-21-23(20)18(16-10-6-4-7-11-16)14-15(2)19(22-23)17-12-8-5-9-13-17/h4-14H,3H2,1-2H3. The summed E-state index contributed by atoms with van der Waals surface area (Å²) in [4.78, 5) is 0. The van der Waals surface area contributed by atoms with E-state index in [0.717, 1.165) is 16.7 Å². The summed E-state index contributed by atoms with van der Waals surface area (Å²) in [6, 6.07) is 19.3. The van der Waals surface area contributed by atoms with Gasteiger partial charge < -0.3 is 4.52 Å². The Kier molecular flexibility index (Phi) is 4.51. The lowest BCUT2D eigenvalue weighted by Gasteiger charge is -2.27. The summed E-state index contributed by atoms with van der Waals surface area (Å²) in [5, 5.41) is 0.608. The van der Waals surface area contributed by atoms with Crippen LogP contribution in [0.1, 0.15) is 25.0 Å². The van der Waals surface area contributed by atoms with Gasteiger partial charge in [-0.05, 0) is 31.1 Å². The first-order valence-electron chi connectivity index (χ1n) is 7.62. The highest BCUT2D eigenvalue weighted by Crippen LogP contribution is 2.65. The highest BCUT2D eigenvalue weighted by atomic mass is 31.2. The molecule has 0 saturated heterocycles. The van der Waals surface area contributed by atoms with Gasteiger partial charge in [0.15, 0.2) is 0 Å². The summed E-state index contributed by atoms with van der Waals surface area (Å²) in [6.07, 6.45) is 1.91. The molecule has 0 N–H and O–H groups in total. The van der Waals surface area contributed by atoms with Crippen LogP contribution in [0.4, 0.5) is 0 Å². The fourth-order valence-corrected chi connectivity index (χ4v) is 4.51. The van der Waals surface area contributed by atoms with Crippen molar-refractivity contribution >= 4 is 18.7 Å². The molecule has 0 spiro atoms. The van der Waals surface area contributed by atoms with E-state index in [0.29, 0.717) is 17.7 Å². The Morgan fingerprint density at radius 1 is 0.957 bits per heavy atom. The molecule has 1 atom stereocenters. The molecule has 1 aliphatic heterocycles. The van der Waals surface area contributed by atoms with Gasteiger partial charge in [-0.2, -0.15) is 0 Å². The average Bonchev–Trinajstić information content (AvgIpc) is 2.58. The summed E-state index contributed by atoms with van der Waals surface area (Å²) in [5.41, 5.74) is 2.69. The van der Waals surface area contributed by atoms with Crippen LogP contribution in [-0.4, -0.2) is 6.61 Å². The van der Waals surface area contributed by atoms with Crippen molar-refractivity contribution < 1.29 is 13.6 Å². The van der Waals surface area contributed by atoms with Crippen LogP contribution in [0.5, 0.6) is 0 Å². The van der Waals surface area contributed by atoms with Crippen molar-refractivity contribution in [3.8, 4) is 0 Å². The zero-order chi connectivity index (χ0) is 16.3. The quantitative estimate of drug-likeness (QED) is 0.674. The summed E-state index contributed by atoms with van der Waals surface area (Å²) < 4.78 is 24.8. The highest BCUT2D eigenvalue weighted by molar-refractivity contribution is 7.65. The van der Waals surface area contributed by atoms with Crippen molar-refractivity contribution in [3.63, 3.8) is 0 Å². The van der Waals surface area contributed by atoms with Crippen molar-refractivity contribution in [1.29, 1.82) is 0 Å². The topological polar surface area (TPSA) is 35.5 Å². The second-order valence-corrected chi connectivity index (χ2v) is 7.20. The van der Waals surface area contributed by atoms with Crippen molar-refractivity contribution in [2.75, 3.05) is 6.61 Å². The molecule has 0 bridgehead atoms. The van der Waals surface area contributed by atoms with Gasteiger partial charge in [0, 0.05) is 5.56 Å². The maximum atomic E-state index is 13.3. The Labute approximate surface area is 136 Å². The molecular weight excluding hydrogens is 307 g/mol. The van der Waals surface area contributed by atoms with E-state index >= 15 is 0 Å². The van der Waals surface area contributed by atoms with Crippen LogP contribution in [0.2, 0.25) is 0 Å². The van der Waals surface area contributed by atoms with Crippen LogP contribution in [0, 0.1) is 0 Å². The van der Waals surface area contributed by atoms with E-state index in [4.69, 9.17) is 9.05 Å². The fraction of sp³-hybridized carbons (Fsp3) is 0.158. The van der Waals surface area contributed by atoms with Gasteiger partial charge in [-0.1, -0.05) is 60.7 Å². The van der Waals surface area contributed by atoms with Gasteiger partial charge in [0.25, 0.3) is 0 Å². The molecule has 23 heavy (non-hydrogen) atoms. The van der Waals surface area contributed by atoms with Gasteiger partial charge in [0.2, 0.25) is 0 Å². The van der Waals surface area contributed by atoms with Crippen LogP contribution < -0.4 is 0 Å². The Balaban J connectivity index is 2.13. The van der Waals surface area contributed by atoms with E-state index < -0.39 is 7.60 Å². The number of allylic oxidation sites excluding steroid dienone is 2. The normalized spacial score (nSPS) is 20.9. The Hall–Kier alpha value is -2.09. The van der Waals surface area contributed by atoms with Crippen molar-refractivity contribution in [2.45, 2.75) is 13.8 Å². The lowest BCUT2D eigenvalue weighted by atomic mass is 10.1. The predicted octanol–water partition coefficient (Wildman–Crippen LogP) is 5.72. The molecule has 1 unspecified atom stereocenters. The zero-order valence-electron chi connectivity index (χ0n) is 13.2. The maximum Gasteiger partial charge on any atom is 0.411 e. The first kappa shape index (κ1) is 15.8. The minimum absolute atomic E-state index is 0.322. The molecule has 3 rings (SSSR count). The summed E-state index contributed by atoms with van der Waals surface area (Å²) in [6.45, 7) is 4.10. The zero-order valence-corrected chi connectivity index (χ0v) is 14.1. The van der Waals surface area contributed by atoms with E-state index in [1.54, 1.807) is 0 Å². The third kappa shape index (κ3) is 3.17. The first-order valence-corrected chi connectivity index (χ1v) is 9.16. The summed E-state index contributed by atoms with van der Waals surface area (Å²) in [5.74, 6) is 0.613. The van der Waals surface area contributed by atoms with Crippen LogP contribution in [-0.2, 0) is 13.6 Å². The maximum absolute atomic E-state index is 13.3. The molecule has 1 aliphatic rings. The second kappa shape index (κ2) is 6.57. The first-order chi connectivity index (χ1) is 11.1. The molecule has 0 saturated carbocycles. The van der Waals surface area contributed by atoms with Gasteiger partial charge in [-0.3, -0.25) is 4.52 Å². The SMILES string of the molecule is CCOP1(=O)OC(c2ccccc2)=C(C)C=C1c1ccccc1. The molecule has 1 heterocycles. The number of hydrogen-bond acceptors (Lipinski definition) is 3. The molecule has 0 radical (unpaired) electrons. The molecule has 0 fully saturated rings. The largest absolute Gasteiger partial charge is 0.420 e.